The van der Waals surface area contributed by atoms with Crippen LogP contribution in [-0.2, 0) is 11.2 Å². The van der Waals surface area contributed by atoms with Gasteiger partial charge in [0.25, 0.3) is 0 Å². The predicted octanol–water partition coefficient (Wildman–Crippen LogP) is 3.49. The number of piperidine rings is 1. The lowest BCUT2D eigenvalue weighted by Crippen LogP contribution is -2.38. The molecule has 158 valence electrons. The average Bonchev–Trinajstić information content (AvgIpc) is 3.21. The van der Waals surface area contributed by atoms with Crippen LogP contribution in [0.2, 0.25) is 0 Å². The minimum absolute atomic E-state index is 0.354. The summed E-state index contributed by atoms with van der Waals surface area (Å²) >= 11 is 0. The number of hydrogen-bond donors (Lipinski definition) is 1. The number of esters is 1. The number of carbonyl (C=O) groups excluding carboxylic acids is 1. The molecule has 2 aromatic rings. The van der Waals surface area contributed by atoms with Crippen LogP contribution in [0.5, 0.6) is 0 Å². The summed E-state index contributed by atoms with van der Waals surface area (Å²) in [5, 5.41) is 3.66. The van der Waals surface area contributed by atoms with E-state index in [0.29, 0.717) is 24.0 Å². The Morgan fingerprint density at radius 1 is 1.20 bits per heavy atom. The van der Waals surface area contributed by atoms with E-state index in [2.05, 4.69) is 50.5 Å². The molecule has 1 N–H and O–H groups in total. The highest BCUT2D eigenvalue weighted by Gasteiger charge is 2.21. The summed E-state index contributed by atoms with van der Waals surface area (Å²) < 4.78 is 4.98. The second-order valence-corrected chi connectivity index (χ2v) is 7.97. The molecule has 1 aromatic carbocycles. The van der Waals surface area contributed by atoms with Crippen molar-refractivity contribution in [3.05, 3.63) is 59.4 Å². The Kier molecular flexibility index (Phi) is 6.74. The van der Waals surface area contributed by atoms with Crippen molar-refractivity contribution in [2.24, 2.45) is 5.92 Å². The molecule has 6 heteroatoms. The molecule has 1 aliphatic heterocycles. The van der Waals surface area contributed by atoms with E-state index in [4.69, 9.17) is 4.74 Å². The molecule has 0 radical (unpaired) electrons. The zero-order valence-electron chi connectivity index (χ0n) is 17.6. The topological polar surface area (TPSA) is 67.3 Å². The third-order valence-electron chi connectivity index (χ3n) is 5.98. The number of benzene rings is 1. The molecule has 2 heterocycles. The Hall–Kier alpha value is -2.73. The highest BCUT2D eigenvalue weighted by molar-refractivity contribution is 5.88. The SMILES string of the molecule is CCOC(=O)c1cnc(N2CCC(CNCCC3=CCc4ccccc43)CC2)nc1. The number of rotatable bonds is 8. The maximum Gasteiger partial charge on any atom is 0.341 e. The summed E-state index contributed by atoms with van der Waals surface area (Å²) in [5.74, 6) is 1.01. The van der Waals surface area contributed by atoms with Gasteiger partial charge >= 0.3 is 5.97 Å². The van der Waals surface area contributed by atoms with Crippen LogP contribution >= 0.6 is 0 Å². The number of carbonyl (C=O) groups is 1. The van der Waals surface area contributed by atoms with Gasteiger partial charge < -0.3 is 15.0 Å². The van der Waals surface area contributed by atoms with Gasteiger partial charge in [-0.05, 0) is 68.3 Å². The van der Waals surface area contributed by atoms with Gasteiger partial charge in [-0.2, -0.15) is 0 Å². The second kappa shape index (κ2) is 9.85. The van der Waals surface area contributed by atoms with Crippen LogP contribution in [0.15, 0.2) is 42.7 Å². The van der Waals surface area contributed by atoms with Crippen LogP contribution in [0, 0.1) is 5.92 Å². The first-order valence-electron chi connectivity index (χ1n) is 11.0. The van der Waals surface area contributed by atoms with E-state index in [0.717, 1.165) is 51.9 Å². The lowest BCUT2D eigenvalue weighted by Gasteiger charge is -2.32. The maximum absolute atomic E-state index is 11.7. The second-order valence-electron chi connectivity index (χ2n) is 7.97. The van der Waals surface area contributed by atoms with Crippen LogP contribution < -0.4 is 10.2 Å². The summed E-state index contributed by atoms with van der Waals surface area (Å²) in [7, 11) is 0. The number of allylic oxidation sites excluding steroid dienone is 1. The standard InChI is InChI=1S/C24H30N4O2/c1-2-30-23(29)21-16-26-24(27-17-21)28-13-10-18(11-14-28)15-25-12-9-20-8-7-19-5-3-4-6-22(19)20/h3-6,8,16-18,25H,2,7,9-15H2,1H3. The molecule has 2 aliphatic rings. The van der Waals surface area contributed by atoms with Gasteiger partial charge in [-0.15, -0.1) is 0 Å². The fourth-order valence-electron chi connectivity index (χ4n) is 4.26. The quantitative estimate of drug-likeness (QED) is 0.535. The first-order valence-corrected chi connectivity index (χ1v) is 11.0. The van der Waals surface area contributed by atoms with Gasteiger partial charge in [0.1, 0.15) is 0 Å². The Bertz CT molecular complexity index is 886. The Labute approximate surface area is 178 Å². The molecule has 0 atom stereocenters. The number of ether oxygens (including phenoxy) is 1. The minimum Gasteiger partial charge on any atom is -0.462 e. The Morgan fingerprint density at radius 3 is 2.73 bits per heavy atom. The third-order valence-corrected chi connectivity index (χ3v) is 5.98. The van der Waals surface area contributed by atoms with Crippen molar-refractivity contribution in [2.75, 3.05) is 37.7 Å². The summed E-state index contributed by atoms with van der Waals surface area (Å²) in [5.41, 5.74) is 4.77. The molecule has 4 rings (SSSR count). The number of anilines is 1. The predicted molar refractivity (Wildman–Crippen MR) is 119 cm³/mol. The van der Waals surface area contributed by atoms with Gasteiger partial charge in [0.05, 0.1) is 12.2 Å². The van der Waals surface area contributed by atoms with E-state index < -0.39 is 0 Å². The van der Waals surface area contributed by atoms with Gasteiger partial charge in [-0.25, -0.2) is 14.8 Å². The van der Waals surface area contributed by atoms with Crippen molar-refractivity contribution < 1.29 is 9.53 Å². The van der Waals surface area contributed by atoms with E-state index in [-0.39, 0.29) is 5.97 Å². The maximum atomic E-state index is 11.7. The number of nitrogens with one attached hydrogen (secondary N) is 1. The lowest BCUT2D eigenvalue weighted by atomic mass is 9.97. The molecule has 0 spiro atoms. The number of hydrogen-bond acceptors (Lipinski definition) is 6. The van der Waals surface area contributed by atoms with Crippen molar-refractivity contribution in [2.45, 2.75) is 32.6 Å². The third kappa shape index (κ3) is 4.87. The minimum atomic E-state index is -0.370. The van der Waals surface area contributed by atoms with E-state index >= 15 is 0 Å². The van der Waals surface area contributed by atoms with Crippen molar-refractivity contribution in [3.63, 3.8) is 0 Å². The number of nitrogens with zero attached hydrogens (tertiary/aromatic N) is 3. The summed E-state index contributed by atoms with van der Waals surface area (Å²) in [6, 6.07) is 8.73. The normalized spacial score (nSPS) is 16.3. The fourth-order valence-corrected chi connectivity index (χ4v) is 4.26. The molecule has 1 fully saturated rings. The first kappa shape index (κ1) is 20.5. The molecular weight excluding hydrogens is 376 g/mol. The number of aromatic nitrogens is 2. The van der Waals surface area contributed by atoms with E-state index in [1.54, 1.807) is 19.3 Å². The Morgan fingerprint density at radius 2 is 1.97 bits per heavy atom. The monoisotopic (exact) mass is 406 g/mol. The molecular formula is C24H30N4O2. The van der Waals surface area contributed by atoms with Crippen molar-refractivity contribution in [1.29, 1.82) is 0 Å². The van der Waals surface area contributed by atoms with Crippen LogP contribution in [0.25, 0.3) is 5.57 Å². The summed E-state index contributed by atoms with van der Waals surface area (Å²) in [4.78, 5) is 22.6. The van der Waals surface area contributed by atoms with E-state index in [9.17, 15) is 4.79 Å². The molecule has 0 unspecified atom stereocenters. The van der Waals surface area contributed by atoms with Crippen molar-refractivity contribution in [1.82, 2.24) is 15.3 Å². The molecule has 0 amide bonds. The van der Waals surface area contributed by atoms with Crippen LogP contribution in [-0.4, -0.2) is 48.7 Å². The largest absolute Gasteiger partial charge is 0.462 e. The highest BCUT2D eigenvalue weighted by atomic mass is 16.5. The molecule has 30 heavy (non-hydrogen) atoms. The average molecular weight is 407 g/mol. The summed E-state index contributed by atoms with van der Waals surface area (Å²) in [6.07, 6.45) is 9.91. The molecule has 6 nitrogen and oxygen atoms in total. The van der Waals surface area contributed by atoms with Crippen LogP contribution in [0.4, 0.5) is 5.95 Å². The van der Waals surface area contributed by atoms with Gasteiger partial charge in [0, 0.05) is 25.5 Å². The molecule has 1 aliphatic carbocycles. The lowest BCUT2D eigenvalue weighted by molar-refractivity contribution is 0.0525. The zero-order valence-corrected chi connectivity index (χ0v) is 17.6. The van der Waals surface area contributed by atoms with E-state index in [1.165, 1.54) is 16.7 Å². The van der Waals surface area contributed by atoms with Crippen LogP contribution in [0.3, 0.4) is 0 Å². The molecule has 0 saturated carbocycles. The van der Waals surface area contributed by atoms with Gasteiger partial charge in [0.2, 0.25) is 5.95 Å². The highest BCUT2D eigenvalue weighted by Crippen LogP contribution is 2.29. The zero-order chi connectivity index (χ0) is 20.8. The van der Waals surface area contributed by atoms with Crippen molar-refractivity contribution in [3.8, 4) is 0 Å². The Balaban J connectivity index is 1.17. The number of fused-ring (bicyclic) bond motifs is 1. The van der Waals surface area contributed by atoms with Gasteiger partial charge in [-0.1, -0.05) is 30.3 Å². The molecule has 0 bridgehead atoms. The molecule has 1 aromatic heterocycles. The van der Waals surface area contributed by atoms with Crippen LogP contribution in [0.1, 0.15) is 47.7 Å². The first-order chi connectivity index (χ1) is 14.7. The van der Waals surface area contributed by atoms with Gasteiger partial charge in [-0.3, -0.25) is 0 Å². The summed E-state index contributed by atoms with van der Waals surface area (Å²) in [6.45, 7) is 6.13. The molecule has 1 saturated heterocycles. The van der Waals surface area contributed by atoms with Gasteiger partial charge in [0.15, 0.2) is 0 Å². The van der Waals surface area contributed by atoms with E-state index in [1.807, 2.05) is 0 Å². The fraction of sp³-hybridized carbons (Fsp3) is 0.458. The van der Waals surface area contributed by atoms with Crippen molar-refractivity contribution >= 4 is 17.5 Å². The smallest absolute Gasteiger partial charge is 0.341 e.